The SMILES string of the molecule is CC(=O)O[C@@H]1[C@@H](CO)[C@H](NS(=O)(=O)c2ccc(C)cc2)[C@H](O)[C@H]1OC(=O)c1ccccc1. The van der Waals surface area contributed by atoms with Crippen molar-refractivity contribution in [2.24, 2.45) is 5.92 Å². The van der Waals surface area contributed by atoms with E-state index in [0.717, 1.165) is 12.5 Å². The van der Waals surface area contributed by atoms with Crippen LogP contribution in [-0.2, 0) is 24.3 Å². The van der Waals surface area contributed by atoms with Gasteiger partial charge in [-0.2, -0.15) is 0 Å². The van der Waals surface area contributed by atoms with Crippen molar-refractivity contribution in [1.82, 2.24) is 4.72 Å². The Morgan fingerprint density at radius 3 is 2.19 bits per heavy atom. The van der Waals surface area contributed by atoms with E-state index in [9.17, 15) is 28.2 Å². The average molecular weight is 464 g/mol. The van der Waals surface area contributed by atoms with Gasteiger partial charge in [-0.1, -0.05) is 35.9 Å². The molecule has 2 aromatic carbocycles. The number of aryl methyl sites for hydroxylation is 1. The van der Waals surface area contributed by atoms with E-state index < -0.39 is 58.8 Å². The van der Waals surface area contributed by atoms with Gasteiger partial charge in [-0.25, -0.2) is 17.9 Å². The number of aliphatic hydroxyl groups is 2. The molecule has 1 fully saturated rings. The van der Waals surface area contributed by atoms with Crippen LogP contribution in [0.1, 0.15) is 22.8 Å². The Morgan fingerprint density at radius 2 is 1.62 bits per heavy atom. The van der Waals surface area contributed by atoms with Gasteiger partial charge in [0.25, 0.3) is 0 Å². The largest absolute Gasteiger partial charge is 0.458 e. The van der Waals surface area contributed by atoms with Crippen molar-refractivity contribution in [2.75, 3.05) is 6.61 Å². The number of sulfonamides is 1. The fourth-order valence-electron chi connectivity index (χ4n) is 3.69. The molecule has 9 nitrogen and oxygen atoms in total. The minimum atomic E-state index is -4.09. The summed E-state index contributed by atoms with van der Waals surface area (Å²) in [6.45, 7) is 2.30. The highest BCUT2D eigenvalue weighted by molar-refractivity contribution is 7.89. The van der Waals surface area contributed by atoms with Crippen molar-refractivity contribution in [1.29, 1.82) is 0 Å². The summed E-state index contributed by atoms with van der Waals surface area (Å²) in [4.78, 5) is 24.2. The second kappa shape index (κ2) is 9.78. The van der Waals surface area contributed by atoms with E-state index in [4.69, 9.17) is 9.47 Å². The third kappa shape index (κ3) is 5.16. The minimum absolute atomic E-state index is 0.0410. The molecule has 0 bridgehead atoms. The standard InChI is InChI=1S/C22H25NO8S/c1-13-8-10-16(11-9-13)32(28,29)23-18-17(12-24)20(30-14(2)25)21(19(18)26)31-22(27)15-6-4-3-5-7-15/h3-11,17-21,23-24,26H,12H2,1-2H3/t17-,18-,19-,20+,21+/m0/s1. The Balaban J connectivity index is 1.89. The molecule has 0 aliphatic heterocycles. The predicted octanol–water partition coefficient (Wildman–Crippen LogP) is 0.782. The predicted molar refractivity (Wildman–Crippen MR) is 113 cm³/mol. The summed E-state index contributed by atoms with van der Waals surface area (Å²) in [6, 6.07) is 12.7. The molecule has 0 spiro atoms. The highest BCUT2D eigenvalue weighted by Gasteiger charge is 2.55. The lowest BCUT2D eigenvalue weighted by Crippen LogP contribution is -2.47. The van der Waals surface area contributed by atoms with Crippen LogP contribution in [0.2, 0.25) is 0 Å². The second-order valence-corrected chi connectivity index (χ2v) is 9.32. The molecule has 1 saturated carbocycles. The molecule has 0 heterocycles. The third-order valence-electron chi connectivity index (χ3n) is 5.30. The van der Waals surface area contributed by atoms with Crippen LogP contribution in [0.25, 0.3) is 0 Å². The van der Waals surface area contributed by atoms with Crippen molar-refractivity contribution in [3.63, 3.8) is 0 Å². The van der Waals surface area contributed by atoms with Crippen LogP contribution >= 0.6 is 0 Å². The number of carbonyl (C=O) groups is 2. The molecule has 5 atom stereocenters. The fraction of sp³-hybridized carbons (Fsp3) is 0.364. The Kier molecular flexibility index (Phi) is 7.29. The molecule has 3 N–H and O–H groups in total. The lowest BCUT2D eigenvalue weighted by atomic mass is 10.0. The number of hydrogen-bond donors (Lipinski definition) is 3. The first kappa shape index (κ1) is 23.9. The molecule has 3 rings (SSSR count). The number of ether oxygens (including phenoxy) is 2. The summed E-state index contributed by atoms with van der Waals surface area (Å²) in [6.07, 6.45) is -4.23. The smallest absolute Gasteiger partial charge is 0.338 e. The first-order valence-corrected chi connectivity index (χ1v) is 11.4. The molecule has 1 aliphatic rings. The lowest BCUT2D eigenvalue weighted by Gasteiger charge is -2.24. The number of rotatable bonds is 7. The number of aliphatic hydroxyl groups excluding tert-OH is 2. The summed E-state index contributed by atoms with van der Waals surface area (Å²) in [7, 11) is -4.09. The summed E-state index contributed by atoms with van der Waals surface area (Å²) in [5.74, 6) is -2.57. The Hall–Kier alpha value is -2.79. The molecule has 0 radical (unpaired) electrons. The number of carbonyl (C=O) groups excluding carboxylic acids is 2. The Bertz CT molecular complexity index is 1060. The molecule has 0 unspecified atom stereocenters. The molecular weight excluding hydrogens is 438 g/mol. The van der Waals surface area contributed by atoms with Gasteiger partial charge < -0.3 is 19.7 Å². The van der Waals surface area contributed by atoms with E-state index in [1.54, 1.807) is 30.3 Å². The lowest BCUT2D eigenvalue weighted by molar-refractivity contribution is -0.156. The van der Waals surface area contributed by atoms with Crippen molar-refractivity contribution < 1.29 is 37.7 Å². The topological polar surface area (TPSA) is 139 Å². The monoisotopic (exact) mass is 463 g/mol. The molecule has 172 valence electrons. The van der Waals surface area contributed by atoms with E-state index in [0.29, 0.717) is 0 Å². The summed E-state index contributed by atoms with van der Waals surface area (Å²) < 4.78 is 38.7. The molecule has 0 saturated heterocycles. The van der Waals surface area contributed by atoms with Gasteiger partial charge in [-0.05, 0) is 31.2 Å². The third-order valence-corrected chi connectivity index (χ3v) is 6.77. The molecule has 0 amide bonds. The number of hydrogen-bond acceptors (Lipinski definition) is 8. The zero-order chi connectivity index (χ0) is 23.5. The van der Waals surface area contributed by atoms with Crippen LogP contribution in [0, 0.1) is 12.8 Å². The van der Waals surface area contributed by atoms with Crippen LogP contribution in [0.15, 0.2) is 59.5 Å². The maximum atomic E-state index is 12.9. The van der Waals surface area contributed by atoms with Gasteiger partial charge in [0, 0.05) is 12.8 Å². The quantitative estimate of drug-likeness (QED) is 0.512. The number of benzene rings is 2. The normalized spacial score (nSPS) is 25.3. The van der Waals surface area contributed by atoms with Gasteiger partial charge in [0.15, 0.2) is 6.10 Å². The molecule has 2 aromatic rings. The second-order valence-electron chi connectivity index (χ2n) is 7.61. The highest BCUT2D eigenvalue weighted by atomic mass is 32.2. The van der Waals surface area contributed by atoms with Crippen molar-refractivity contribution >= 4 is 22.0 Å². The number of nitrogens with one attached hydrogen (secondary N) is 1. The van der Waals surface area contributed by atoms with Crippen LogP contribution in [0.5, 0.6) is 0 Å². The maximum absolute atomic E-state index is 12.9. The van der Waals surface area contributed by atoms with E-state index in [1.807, 2.05) is 6.92 Å². The summed E-state index contributed by atoms with van der Waals surface area (Å²) >= 11 is 0. The minimum Gasteiger partial charge on any atom is -0.458 e. The van der Waals surface area contributed by atoms with Crippen molar-refractivity contribution in [2.45, 2.75) is 43.1 Å². The van der Waals surface area contributed by atoms with Gasteiger partial charge in [0.05, 0.1) is 23.1 Å². The van der Waals surface area contributed by atoms with Crippen LogP contribution < -0.4 is 4.72 Å². The van der Waals surface area contributed by atoms with Gasteiger partial charge in [-0.15, -0.1) is 0 Å². The summed E-state index contributed by atoms with van der Waals surface area (Å²) in [5, 5.41) is 20.8. The van der Waals surface area contributed by atoms with Crippen molar-refractivity contribution in [3.05, 3.63) is 65.7 Å². The Morgan fingerprint density at radius 1 is 1.00 bits per heavy atom. The van der Waals surface area contributed by atoms with Gasteiger partial charge in [0.1, 0.15) is 12.2 Å². The molecule has 0 aromatic heterocycles. The van der Waals surface area contributed by atoms with E-state index in [1.165, 1.54) is 24.3 Å². The zero-order valence-corrected chi connectivity index (χ0v) is 18.4. The molecule has 32 heavy (non-hydrogen) atoms. The van der Waals surface area contributed by atoms with Crippen molar-refractivity contribution in [3.8, 4) is 0 Å². The average Bonchev–Trinajstić information content (AvgIpc) is 2.98. The Labute approximate surface area is 186 Å². The molecular formula is C22H25NO8S. The van der Waals surface area contributed by atoms with E-state index in [-0.39, 0.29) is 10.5 Å². The zero-order valence-electron chi connectivity index (χ0n) is 17.5. The first-order valence-electron chi connectivity index (χ1n) is 9.95. The van der Waals surface area contributed by atoms with Gasteiger partial charge in [0.2, 0.25) is 10.0 Å². The van der Waals surface area contributed by atoms with Gasteiger partial charge in [-0.3, -0.25) is 4.79 Å². The number of esters is 2. The van der Waals surface area contributed by atoms with Crippen LogP contribution in [0.3, 0.4) is 0 Å². The summed E-state index contributed by atoms with van der Waals surface area (Å²) in [5.41, 5.74) is 1.06. The molecule has 10 heteroatoms. The maximum Gasteiger partial charge on any atom is 0.338 e. The fourth-order valence-corrected chi connectivity index (χ4v) is 4.99. The van der Waals surface area contributed by atoms with Crippen LogP contribution in [-0.4, -0.2) is 61.5 Å². The van der Waals surface area contributed by atoms with Gasteiger partial charge >= 0.3 is 11.9 Å². The van der Waals surface area contributed by atoms with E-state index in [2.05, 4.69) is 4.72 Å². The van der Waals surface area contributed by atoms with E-state index >= 15 is 0 Å². The highest BCUT2D eigenvalue weighted by Crippen LogP contribution is 2.33. The first-order chi connectivity index (χ1) is 15.1. The van der Waals surface area contributed by atoms with Crippen LogP contribution in [0.4, 0.5) is 0 Å². The molecule has 1 aliphatic carbocycles.